The number of hydrogen-bond donors (Lipinski definition) is 0. The molecule has 0 aliphatic carbocycles. The van der Waals surface area contributed by atoms with Crippen molar-refractivity contribution in [1.29, 1.82) is 0 Å². The molecule has 0 saturated carbocycles. The van der Waals surface area contributed by atoms with Crippen molar-refractivity contribution in [2.45, 2.75) is 31.1 Å². The molecule has 16 heavy (non-hydrogen) atoms. The van der Waals surface area contributed by atoms with Gasteiger partial charge < -0.3 is 0 Å². The van der Waals surface area contributed by atoms with E-state index in [1.807, 2.05) is 31.2 Å². The van der Waals surface area contributed by atoms with Gasteiger partial charge in [-0.25, -0.2) is 0 Å². The zero-order valence-electron chi connectivity index (χ0n) is 9.24. The van der Waals surface area contributed by atoms with Crippen molar-refractivity contribution in [3.8, 4) is 0 Å². The number of Topliss-reactive ketones (excluding diaryl/α,β-unsaturated/α-hetero) is 1. The summed E-state index contributed by atoms with van der Waals surface area (Å²) in [5.74, 6) is 0.790. The van der Waals surface area contributed by atoms with Gasteiger partial charge in [0.15, 0.2) is 0 Å². The van der Waals surface area contributed by atoms with Gasteiger partial charge in [0, 0.05) is 23.1 Å². The maximum absolute atomic E-state index is 11.9. The lowest BCUT2D eigenvalue weighted by molar-refractivity contribution is -0.118. The van der Waals surface area contributed by atoms with Crippen molar-refractivity contribution < 1.29 is 9.00 Å². The van der Waals surface area contributed by atoms with Crippen LogP contribution in [0.5, 0.6) is 0 Å². The summed E-state index contributed by atoms with van der Waals surface area (Å²) in [6.07, 6.45) is 1.80. The van der Waals surface area contributed by atoms with Crippen molar-refractivity contribution in [3.63, 3.8) is 0 Å². The molecule has 88 valence electrons. The van der Waals surface area contributed by atoms with Gasteiger partial charge in [0.05, 0.1) is 15.7 Å². The summed E-state index contributed by atoms with van der Waals surface area (Å²) in [7, 11) is -1.01. The molecule has 1 aromatic carbocycles. The van der Waals surface area contributed by atoms with E-state index >= 15 is 0 Å². The van der Waals surface area contributed by atoms with Gasteiger partial charge in [-0.15, -0.1) is 0 Å². The van der Waals surface area contributed by atoms with Crippen molar-refractivity contribution in [2.75, 3.05) is 5.75 Å². The van der Waals surface area contributed by atoms with Gasteiger partial charge in [-0.3, -0.25) is 9.00 Å². The molecule has 0 heterocycles. The monoisotopic (exact) mass is 302 g/mol. The van der Waals surface area contributed by atoms with Crippen LogP contribution < -0.4 is 0 Å². The van der Waals surface area contributed by atoms with Gasteiger partial charge in [0.1, 0.15) is 5.78 Å². The van der Waals surface area contributed by atoms with E-state index in [-0.39, 0.29) is 5.78 Å². The van der Waals surface area contributed by atoms with Crippen molar-refractivity contribution in [3.05, 3.63) is 28.7 Å². The van der Waals surface area contributed by atoms with Crippen LogP contribution in [0.1, 0.15) is 26.2 Å². The first-order valence-corrected chi connectivity index (χ1v) is 7.41. The van der Waals surface area contributed by atoms with Gasteiger partial charge in [0.2, 0.25) is 0 Å². The van der Waals surface area contributed by atoms with Crippen molar-refractivity contribution in [1.82, 2.24) is 0 Å². The lowest BCUT2D eigenvalue weighted by Gasteiger charge is -2.03. The Bertz CT molecular complexity index is 390. The van der Waals surface area contributed by atoms with E-state index in [9.17, 15) is 9.00 Å². The second-order valence-corrected chi connectivity index (χ2v) is 5.87. The molecule has 0 N–H and O–H groups in total. The van der Waals surface area contributed by atoms with Crippen LogP contribution in [0.2, 0.25) is 0 Å². The quantitative estimate of drug-likeness (QED) is 0.808. The predicted octanol–water partition coefficient (Wildman–Crippen LogP) is 3.32. The van der Waals surface area contributed by atoms with Gasteiger partial charge in [-0.2, -0.15) is 0 Å². The first-order valence-electron chi connectivity index (χ1n) is 5.29. The molecule has 0 aliphatic heterocycles. The summed E-state index contributed by atoms with van der Waals surface area (Å²) in [6.45, 7) is 1.85. The zero-order chi connectivity index (χ0) is 12.0. The Labute approximate surface area is 107 Å². The third-order valence-corrected chi connectivity index (χ3v) is 4.72. The largest absolute Gasteiger partial charge is 0.300 e. The van der Waals surface area contributed by atoms with Crippen LogP contribution >= 0.6 is 15.9 Å². The van der Waals surface area contributed by atoms with Gasteiger partial charge in [-0.05, 0) is 34.5 Å². The minimum Gasteiger partial charge on any atom is -0.300 e. The van der Waals surface area contributed by atoms with E-state index in [1.165, 1.54) is 0 Å². The fraction of sp³-hybridized carbons (Fsp3) is 0.417. The Balaban J connectivity index is 2.47. The van der Waals surface area contributed by atoms with Crippen LogP contribution in [0.25, 0.3) is 0 Å². The molecule has 0 fully saturated rings. The lowest BCUT2D eigenvalue weighted by Crippen LogP contribution is -2.02. The van der Waals surface area contributed by atoms with Gasteiger partial charge in [0.25, 0.3) is 0 Å². The average Bonchev–Trinajstić information content (AvgIpc) is 2.29. The highest BCUT2D eigenvalue weighted by molar-refractivity contribution is 9.10. The van der Waals surface area contributed by atoms with E-state index in [0.29, 0.717) is 25.0 Å². The van der Waals surface area contributed by atoms with Crippen molar-refractivity contribution >= 4 is 32.5 Å². The Kier molecular flexibility index (Phi) is 5.91. The zero-order valence-corrected chi connectivity index (χ0v) is 11.6. The molecular weight excluding hydrogens is 288 g/mol. The molecule has 0 amide bonds. The van der Waals surface area contributed by atoms with E-state index in [2.05, 4.69) is 15.9 Å². The predicted molar refractivity (Wildman–Crippen MR) is 69.9 cm³/mol. The standard InChI is InChI=1S/C12H15BrO2S/c1-2-10(14)6-5-9-16(15)12-8-4-3-7-11(12)13/h3-4,7-8H,2,5-6,9H2,1H3. The van der Waals surface area contributed by atoms with Gasteiger partial charge in [-0.1, -0.05) is 19.1 Å². The molecular formula is C12H15BrO2S. The van der Waals surface area contributed by atoms with E-state index in [1.54, 1.807) is 0 Å². The maximum atomic E-state index is 11.9. The van der Waals surface area contributed by atoms with E-state index in [0.717, 1.165) is 9.37 Å². The summed E-state index contributed by atoms with van der Waals surface area (Å²) < 4.78 is 12.8. The Hall–Kier alpha value is -0.480. The number of hydrogen-bond acceptors (Lipinski definition) is 2. The highest BCUT2D eigenvalue weighted by Crippen LogP contribution is 2.20. The second-order valence-electron chi connectivity index (χ2n) is 3.48. The van der Waals surface area contributed by atoms with E-state index in [4.69, 9.17) is 0 Å². The summed E-state index contributed by atoms with van der Waals surface area (Å²) in [4.78, 5) is 11.9. The van der Waals surface area contributed by atoms with Crippen LogP contribution in [-0.4, -0.2) is 15.7 Å². The van der Waals surface area contributed by atoms with Crippen LogP contribution in [0.4, 0.5) is 0 Å². The van der Waals surface area contributed by atoms with Crippen molar-refractivity contribution in [2.24, 2.45) is 0 Å². The van der Waals surface area contributed by atoms with E-state index < -0.39 is 10.8 Å². The number of ketones is 1. The third kappa shape index (κ3) is 4.18. The topological polar surface area (TPSA) is 34.1 Å². The first kappa shape index (κ1) is 13.6. The molecule has 1 unspecified atom stereocenters. The second kappa shape index (κ2) is 6.97. The number of rotatable bonds is 6. The third-order valence-electron chi connectivity index (χ3n) is 2.26. The highest BCUT2D eigenvalue weighted by Gasteiger charge is 2.08. The number of carbonyl (C=O) groups excluding carboxylic acids is 1. The van der Waals surface area contributed by atoms with Crippen LogP contribution in [0.3, 0.4) is 0 Å². The Morgan fingerprint density at radius 1 is 1.38 bits per heavy atom. The molecule has 4 heteroatoms. The number of carbonyl (C=O) groups is 1. The minimum absolute atomic E-state index is 0.240. The molecule has 0 radical (unpaired) electrons. The normalized spacial score (nSPS) is 12.4. The minimum atomic E-state index is -1.01. The molecule has 0 aliphatic rings. The Morgan fingerprint density at radius 3 is 2.69 bits per heavy atom. The molecule has 0 bridgehead atoms. The SMILES string of the molecule is CCC(=O)CCCS(=O)c1ccccc1Br. The molecule has 1 rings (SSSR count). The molecule has 0 spiro atoms. The fourth-order valence-electron chi connectivity index (χ4n) is 1.32. The summed E-state index contributed by atoms with van der Waals surface area (Å²) in [5.41, 5.74) is 0. The first-order chi connectivity index (χ1) is 7.65. The molecule has 2 nitrogen and oxygen atoms in total. The molecule has 0 saturated heterocycles. The van der Waals surface area contributed by atoms with Crippen LogP contribution in [0.15, 0.2) is 33.6 Å². The van der Waals surface area contributed by atoms with Crippen LogP contribution in [0, 0.1) is 0 Å². The fourth-order valence-corrected chi connectivity index (χ4v) is 3.29. The molecule has 1 aromatic rings. The summed E-state index contributed by atoms with van der Waals surface area (Å²) in [6, 6.07) is 7.49. The van der Waals surface area contributed by atoms with Crippen LogP contribution in [-0.2, 0) is 15.6 Å². The Morgan fingerprint density at radius 2 is 2.06 bits per heavy atom. The molecule has 1 atom stereocenters. The maximum Gasteiger partial charge on any atom is 0.132 e. The number of halogens is 1. The number of benzene rings is 1. The smallest absolute Gasteiger partial charge is 0.132 e. The van der Waals surface area contributed by atoms with Gasteiger partial charge >= 0.3 is 0 Å². The lowest BCUT2D eigenvalue weighted by atomic mass is 10.2. The summed E-state index contributed by atoms with van der Waals surface area (Å²) >= 11 is 3.37. The highest BCUT2D eigenvalue weighted by atomic mass is 79.9. The average molecular weight is 303 g/mol. The summed E-state index contributed by atoms with van der Waals surface area (Å²) in [5, 5.41) is 0. The molecule has 0 aromatic heterocycles.